The summed E-state index contributed by atoms with van der Waals surface area (Å²) in [6.07, 6.45) is -0.477. The van der Waals surface area contributed by atoms with Crippen LogP contribution in [0.3, 0.4) is 0 Å². The van der Waals surface area contributed by atoms with E-state index < -0.39 is 69.9 Å². The lowest BCUT2D eigenvalue weighted by Crippen LogP contribution is -2.65. The monoisotopic (exact) mass is 612 g/mol. The standard InChI is InChI=1S/C30H36N4O10/c1-4-44-29(42)34-9-7-33(8-10-34)13-19(36)15-5-6-18(35)21-16(15)11-14-12-17-23(32(2)3)25(38)22(28(31)41)27(40)30(17,43)26(39)20(14)24(21)37/h5-6,14,17,23,35,37,40,43H,4,7-13H2,1-3H3,(H2,31,41)/t14-,17-,23-,30-/m0/s1. The summed E-state index contributed by atoms with van der Waals surface area (Å²) in [5.41, 5.74) is 1.85. The number of likely N-dealkylation sites (N-methyl/N-ethyl adjacent to an activating group) is 1. The van der Waals surface area contributed by atoms with Crippen LogP contribution in [-0.2, 0) is 25.5 Å². The van der Waals surface area contributed by atoms with Crippen molar-refractivity contribution in [1.82, 2.24) is 14.7 Å². The Morgan fingerprint density at radius 3 is 2.34 bits per heavy atom. The minimum absolute atomic E-state index is 0.00293. The number of hydrogen-bond acceptors (Lipinski definition) is 12. The quantitative estimate of drug-likeness (QED) is 0.211. The number of benzene rings is 1. The SMILES string of the molecule is CCOC(=O)N1CCN(CC(=O)c2ccc(O)c3c2C[C@H]2C[C@H]4[C@H](N(C)C)C(=O)C(C(N)=O)=C(O)[C@@]4(O)C(=O)C2=C3O)CC1. The molecule has 5 rings (SSSR count). The van der Waals surface area contributed by atoms with E-state index in [9.17, 15) is 44.4 Å². The zero-order valence-electron chi connectivity index (χ0n) is 24.7. The van der Waals surface area contributed by atoms with Gasteiger partial charge in [0, 0.05) is 43.2 Å². The molecular weight excluding hydrogens is 576 g/mol. The molecule has 0 radical (unpaired) electrons. The van der Waals surface area contributed by atoms with Crippen molar-refractivity contribution in [2.45, 2.75) is 31.4 Å². The van der Waals surface area contributed by atoms with Crippen molar-refractivity contribution in [3.63, 3.8) is 0 Å². The van der Waals surface area contributed by atoms with E-state index in [4.69, 9.17) is 10.5 Å². The van der Waals surface area contributed by atoms with Gasteiger partial charge in [-0.25, -0.2) is 4.79 Å². The Labute approximate surface area is 253 Å². The van der Waals surface area contributed by atoms with Crippen LogP contribution in [0.25, 0.3) is 5.76 Å². The smallest absolute Gasteiger partial charge is 0.409 e. The molecular formula is C30H36N4O10. The number of phenolic OH excluding ortho intramolecular Hbond substituents is 1. The molecule has 4 atom stereocenters. The number of aliphatic hydroxyl groups excluding tert-OH is 2. The van der Waals surface area contributed by atoms with Gasteiger partial charge >= 0.3 is 6.09 Å². The maximum atomic E-state index is 14.0. The molecule has 0 unspecified atom stereocenters. The van der Waals surface area contributed by atoms with E-state index in [1.807, 2.05) is 4.90 Å². The molecule has 6 N–H and O–H groups in total. The number of Topliss-reactive ketones (excluding diaryl/α,β-unsaturated/α-hetero) is 3. The van der Waals surface area contributed by atoms with Crippen LogP contribution in [0, 0.1) is 11.8 Å². The number of aliphatic hydroxyl groups is 3. The molecule has 1 heterocycles. The highest BCUT2D eigenvalue weighted by Gasteiger charge is 2.64. The Morgan fingerprint density at radius 1 is 1.09 bits per heavy atom. The number of aromatic hydroxyl groups is 1. The van der Waals surface area contributed by atoms with Crippen molar-refractivity contribution >= 4 is 35.1 Å². The first-order valence-corrected chi connectivity index (χ1v) is 14.4. The van der Waals surface area contributed by atoms with Gasteiger partial charge in [-0.05, 0) is 57.5 Å². The van der Waals surface area contributed by atoms with Gasteiger partial charge in [-0.1, -0.05) is 0 Å². The number of piperazine rings is 1. The summed E-state index contributed by atoms with van der Waals surface area (Å²) in [6.45, 7) is 3.61. The highest BCUT2D eigenvalue weighted by molar-refractivity contribution is 6.24. The summed E-state index contributed by atoms with van der Waals surface area (Å²) in [5.74, 6) is -7.79. The summed E-state index contributed by atoms with van der Waals surface area (Å²) in [7, 11) is 3.05. The largest absolute Gasteiger partial charge is 0.508 e. The Hall–Kier alpha value is -4.27. The molecule has 236 valence electrons. The number of amides is 2. The van der Waals surface area contributed by atoms with Gasteiger partial charge in [-0.15, -0.1) is 0 Å². The third-order valence-corrected chi connectivity index (χ3v) is 9.17. The van der Waals surface area contributed by atoms with Crippen molar-refractivity contribution in [2.75, 3.05) is 53.4 Å². The van der Waals surface area contributed by atoms with Gasteiger partial charge < -0.3 is 35.8 Å². The van der Waals surface area contributed by atoms with Crippen molar-refractivity contribution in [1.29, 1.82) is 0 Å². The van der Waals surface area contributed by atoms with E-state index in [1.165, 1.54) is 31.1 Å². The fourth-order valence-electron chi connectivity index (χ4n) is 7.10. The molecule has 0 spiro atoms. The van der Waals surface area contributed by atoms with Crippen molar-refractivity contribution in [3.8, 4) is 5.75 Å². The molecule has 14 nitrogen and oxygen atoms in total. The Kier molecular flexibility index (Phi) is 8.03. The molecule has 1 saturated carbocycles. The third kappa shape index (κ3) is 4.73. The van der Waals surface area contributed by atoms with E-state index in [0.717, 1.165) is 0 Å². The molecule has 1 saturated heterocycles. The maximum Gasteiger partial charge on any atom is 0.409 e. The van der Waals surface area contributed by atoms with Crippen molar-refractivity contribution in [3.05, 3.63) is 45.7 Å². The summed E-state index contributed by atoms with van der Waals surface area (Å²) in [4.78, 5) is 69.8. The van der Waals surface area contributed by atoms with Crippen molar-refractivity contribution in [2.24, 2.45) is 17.6 Å². The average molecular weight is 613 g/mol. The number of phenols is 1. The molecule has 2 fully saturated rings. The highest BCUT2D eigenvalue weighted by atomic mass is 16.6. The molecule has 3 aliphatic carbocycles. The normalized spacial score (nSPS) is 27.2. The molecule has 1 aromatic carbocycles. The third-order valence-electron chi connectivity index (χ3n) is 9.17. The topological polar surface area (TPSA) is 211 Å². The molecule has 44 heavy (non-hydrogen) atoms. The van der Waals surface area contributed by atoms with E-state index >= 15 is 0 Å². The number of ketones is 3. The summed E-state index contributed by atoms with van der Waals surface area (Å²) >= 11 is 0. The Balaban J connectivity index is 1.50. The number of primary amides is 1. The molecule has 0 aromatic heterocycles. The van der Waals surface area contributed by atoms with E-state index in [1.54, 1.807) is 11.8 Å². The van der Waals surface area contributed by atoms with Crippen LogP contribution in [0.5, 0.6) is 5.75 Å². The zero-order valence-corrected chi connectivity index (χ0v) is 24.7. The number of hydrogen-bond donors (Lipinski definition) is 5. The summed E-state index contributed by atoms with van der Waals surface area (Å²) < 4.78 is 5.04. The van der Waals surface area contributed by atoms with Crippen LogP contribution in [-0.4, -0.2) is 130 Å². The van der Waals surface area contributed by atoms with E-state index in [0.29, 0.717) is 31.7 Å². The number of carbonyl (C=O) groups is 5. The van der Waals surface area contributed by atoms with Crippen LogP contribution in [0.1, 0.15) is 34.8 Å². The van der Waals surface area contributed by atoms with Gasteiger partial charge in [-0.3, -0.25) is 29.0 Å². The van der Waals surface area contributed by atoms with Gasteiger partial charge in [0.15, 0.2) is 17.2 Å². The minimum Gasteiger partial charge on any atom is -0.508 e. The zero-order chi connectivity index (χ0) is 32.2. The molecule has 14 heteroatoms. The number of fused-ring (bicyclic) bond motifs is 3. The maximum absolute atomic E-state index is 14.0. The lowest BCUT2D eigenvalue weighted by atomic mass is 9.57. The molecule has 1 aromatic rings. The van der Waals surface area contributed by atoms with Crippen LogP contribution in [0.2, 0.25) is 0 Å². The van der Waals surface area contributed by atoms with E-state index in [2.05, 4.69) is 0 Å². The second-order valence-corrected chi connectivity index (χ2v) is 11.8. The molecule has 0 bridgehead atoms. The number of nitrogens with two attached hydrogens (primary N) is 1. The summed E-state index contributed by atoms with van der Waals surface area (Å²) in [6, 6.07) is 1.48. The lowest BCUT2D eigenvalue weighted by molar-refractivity contribution is -0.153. The van der Waals surface area contributed by atoms with E-state index in [-0.39, 0.29) is 48.5 Å². The van der Waals surface area contributed by atoms with Gasteiger partial charge in [0.25, 0.3) is 5.91 Å². The van der Waals surface area contributed by atoms with Gasteiger partial charge in [0.2, 0.25) is 5.78 Å². The first-order valence-electron chi connectivity index (χ1n) is 14.4. The van der Waals surface area contributed by atoms with Crippen LogP contribution < -0.4 is 5.73 Å². The Morgan fingerprint density at radius 2 is 1.75 bits per heavy atom. The predicted octanol–water partition coefficient (Wildman–Crippen LogP) is -0.0792. The molecule has 4 aliphatic rings. The highest BCUT2D eigenvalue weighted by Crippen LogP contribution is 2.53. The van der Waals surface area contributed by atoms with Crippen LogP contribution >= 0.6 is 0 Å². The number of nitrogens with zero attached hydrogens (tertiary/aromatic N) is 3. The second kappa shape index (κ2) is 11.3. The Bertz CT molecular complexity index is 1520. The number of ether oxygens (including phenoxy) is 1. The summed E-state index contributed by atoms with van der Waals surface area (Å²) in [5, 5.41) is 44.8. The lowest BCUT2D eigenvalue weighted by Gasteiger charge is -2.50. The van der Waals surface area contributed by atoms with Gasteiger partial charge in [0.1, 0.15) is 22.8 Å². The van der Waals surface area contributed by atoms with Crippen LogP contribution in [0.4, 0.5) is 4.79 Å². The number of rotatable bonds is 6. The molecule has 2 amide bonds. The fraction of sp³-hybridized carbons (Fsp3) is 0.500. The first kappa shape index (κ1) is 31.2. The first-order chi connectivity index (χ1) is 20.7. The predicted molar refractivity (Wildman–Crippen MR) is 154 cm³/mol. The number of carbonyl (C=O) groups excluding carboxylic acids is 5. The molecule has 1 aliphatic heterocycles. The second-order valence-electron chi connectivity index (χ2n) is 11.8. The minimum atomic E-state index is -2.74. The fourth-order valence-corrected chi connectivity index (χ4v) is 7.10. The van der Waals surface area contributed by atoms with Gasteiger partial charge in [0.05, 0.1) is 24.8 Å². The van der Waals surface area contributed by atoms with Crippen molar-refractivity contribution < 1.29 is 49.1 Å². The van der Waals surface area contributed by atoms with Crippen LogP contribution in [0.15, 0.2) is 29.0 Å². The average Bonchev–Trinajstić information content (AvgIpc) is 2.95. The van der Waals surface area contributed by atoms with Gasteiger partial charge in [-0.2, -0.15) is 0 Å².